The van der Waals surface area contributed by atoms with E-state index in [0.717, 1.165) is 5.56 Å². The number of rotatable bonds is 4. The number of para-hydroxylation sites is 1. The highest BCUT2D eigenvalue weighted by Crippen LogP contribution is 2.22. The Morgan fingerprint density at radius 3 is 2.52 bits per heavy atom. The van der Waals surface area contributed by atoms with E-state index in [9.17, 15) is 9.59 Å². The first-order chi connectivity index (χ1) is 11.1. The molecule has 1 aliphatic rings. The van der Waals surface area contributed by atoms with Crippen molar-refractivity contribution < 1.29 is 14.9 Å². The summed E-state index contributed by atoms with van der Waals surface area (Å²) in [5.74, 6) is -0.365. The van der Waals surface area contributed by atoms with Crippen LogP contribution >= 0.6 is 23.2 Å². The normalized spacial score (nSPS) is 17.8. The van der Waals surface area contributed by atoms with E-state index in [-0.39, 0.29) is 18.2 Å². The molecule has 0 radical (unpaired) electrons. The number of amides is 2. The number of hydrogen-bond donors (Lipinski definition) is 1. The van der Waals surface area contributed by atoms with E-state index in [4.69, 9.17) is 23.2 Å². The Morgan fingerprint density at radius 2 is 1.83 bits per heavy atom. The fourth-order valence-electron chi connectivity index (χ4n) is 2.64. The van der Waals surface area contributed by atoms with E-state index in [1.165, 1.54) is 4.90 Å². The highest BCUT2D eigenvalue weighted by atomic mass is 35.5. The van der Waals surface area contributed by atoms with Gasteiger partial charge in [-0.25, -0.2) is 4.90 Å². The molecule has 6 heteroatoms. The molecule has 0 aliphatic carbocycles. The predicted molar refractivity (Wildman–Crippen MR) is 89.4 cm³/mol. The van der Waals surface area contributed by atoms with Crippen LogP contribution in [0.15, 0.2) is 48.5 Å². The minimum Gasteiger partial charge on any atom is -0.332 e. The third kappa shape index (κ3) is 3.39. The van der Waals surface area contributed by atoms with E-state index in [1.54, 1.807) is 36.4 Å². The van der Waals surface area contributed by atoms with E-state index >= 15 is 0 Å². The zero-order valence-corrected chi connectivity index (χ0v) is 13.7. The van der Waals surface area contributed by atoms with Crippen LogP contribution in [0, 0.1) is 0 Å². The lowest BCUT2D eigenvalue weighted by Crippen LogP contribution is -2.90. The summed E-state index contributed by atoms with van der Waals surface area (Å²) in [6.07, 6.45) is 0.193. The van der Waals surface area contributed by atoms with Crippen LogP contribution in [0.1, 0.15) is 12.0 Å². The van der Waals surface area contributed by atoms with Crippen LogP contribution in [0.25, 0.3) is 0 Å². The summed E-state index contributed by atoms with van der Waals surface area (Å²) in [4.78, 5) is 25.9. The van der Waals surface area contributed by atoms with Crippen molar-refractivity contribution in [3.8, 4) is 0 Å². The smallest absolute Gasteiger partial charge is 0.292 e. The number of benzene rings is 2. The van der Waals surface area contributed by atoms with Crippen molar-refractivity contribution in [2.24, 2.45) is 0 Å². The Kier molecular flexibility index (Phi) is 4.66. The summed E-state index contributed by atoms with van der Waals surface area (Å²) in [6.45, 7) is 0.516. The van der Waals surface area contributed by atoms with Crippen molar-refractivity contribution in [3.63, 3.8) is 0 Å². The third-order valence-corrected chi connectivity index (χ3v) is 4.42. The molecule has 2 N–H and O–H groups in total. The zero-order chi connectivity index (χ0) is 16.4. The van der Waals surface area contributed by atoms with Crippen molar-refractivity contribution in [2.75, 3.05) is 4.90 Å². The summed E-state index contributed by atoms with van der Waals surface area (Å²) in [5.41, 5.74) is 1.50. The molecular weight excluding hydrogens is 335 g/mol. The third-order valence-electron chi connectivity index (χ3n) is 3.83. The van der Waals surface area contributed by atoms with Gasteiger partial charge in [-0.15, -0.1) is 0 Å². The fraction of sp³-hybridized carbons (Fsp3) is 0.176. The van der Waals surface area contributed by atoms with Crippen molar-refractivity contribution in [1.82, 2.24) is 0 Å². The average molecular weight is 350 g/mol. The molecule has 0 aromatic heterocycles. The quantitative estimate of drug-likeness (QED) is 0.861. The Bertz CT molecular complexity index is 750. The van der Waals surface area contributed by atoms with Gasteiger partial charge in [0.15, 0.2) is 6.04 Å². The standard InChI is InChI=1S/C17H14Cl2N2O2/c18-12-7-6-11(14(19)8-12)10-20-15-9-16(22)21(17(15)23)13-4-2-1-3-5-13/h1-8,15,20H,9-10H2/p+1/t15-/m0/s1. The molecule has 1 fully saturated rings. The highest BCUT2D eigenvalue weighted by Gasteiger charge is 2.42. The van der Waals surface area contributed by atoms with Crippen LogP contribution in [0.4, 0.5) is 5.69 Å². The lowest BCUT2D eigenvalue weighted by atomic mass is 10.2. The molecule has 2 aromatic carbocycles. The Balaban J connectivity index is 1.70. The average Bonchev–Trinajstić information content (AvgIpc) is 2.81. The van der Waals surface area contributed by atoms with Crippen LogP contribution in [0.3, 0.4) is 0 Å². The molecule has 2 aromatic rings. The molecule has 1 saturated heterocycles. The number of anilines is 1. The van der Waals surface area contributed by atoms with Crippen molar-refractivity contribution in [1.29, 1.82) is 0 Å². The molecule has 3 rings (SSSR count). The molecule has 0 spiro atoms. The molecule has 1 atom stereocenters. The minimum atomic E-state index is -0.422. The summed E-state index contributed by atoms with van der Waals surface area (Å²) >= 11 is 12.0. The maximum Gasteiger partial charge on any atom is 0.292 e. The monoisotopic (exact) mass is 349 g/mol. The molecule has 118 valence electrons. The second-order valence-electron chi connectivity index (χ2n) is 5.39. The Labute approximate surface area is 144 Å². The molecule has 2 amide bonds. The first-order valence-corrected chi connectivity index (χ1v) is 8.01. The van der Waals surface area contributed by atoms with E-state index in [0.29, 0.717) is 22.3 Å². The number of nitrogens with zero attached hydrogens (tertiary/aromatic N) is 1. The maximum absolute atomic E-state index is 12.5. The van der Waals surface area contributed by atoms with Gasteiger partial charge in [0, 0.05) is 10.6 Å². The summed E-state index contributed by atoms with van der Waals surface area (Å²) in [7, 11) is 0. The molecule has 0 saturated carbocycles. The molecule has 0 bridgehead atoms. The first kappa shape index (κ1) is 16.0. The number of hydrogen-bond acceptors (Lipinski definition) is 2. The Hall–Kier alpha value is -1.88. The first-order valence-electron chi connectivity index (χ1n) is 7.25. The number of imide groups is 1. The van der Waals surface area contributed by atoms with Gasteiger partial charge in [-0.2, -0.15) is 0 Å². The van der Waals surface area contributed by atoms with Crippen molar-refractivity contribution >= 4 is 40.7 Å². The number of quaternary nitrogens is 1. The van der Waals surface area contributed by atoms with Crippen LogP contribution < -0.4 is 10.2 Å². The van der Waals surface area contributed by atoms with Gasteiger partial charge in [-0.3, -0.25) is 9.59 Å². The lowest BCUT2D eigenvalue weighted by molar-refractivity contribution is -0.690. The van der Waals surface area contributed by atoms with Gasteiger partial charge in [0.05, 0.1) is 17.1 Å². The van der Waals surface area contributed by atoms with E-state index in [2.05, 4.69) is 0 Å². The molecule has 4 nitrogen and oxygen atoms in total. The summed E-state index contributed by atoms with van der Waals surface area (Å²) in [6, 6.07) is 13.8. The summed E-state index contributed by atoms with van der Waals surface area (Å²) < 4.78 is 0. The van der Waals surface area contributed by atoms with Crippen molar-refractivity contribution in [2.45, 2.75) is 19.0 Å². The van der Waals surface area contributed by atoms with Crippen LogP contribution in [-0.2, 0) is 16.1 Å². The van der Waals surface area contributed by atoms with E-state index in [1.807, 2.05) is 17.4 Å². The summed E-state index contributed by atoms with van der Waals surface area (Å²) in [5, 5.41) is 2.98. The predicted octanol–water partition coefficient (Wildman–Crippen LogP) is 2.39. The van der Waals surface area contributed by atoms with Gasteiger partial charge in [-0.1, -0.05) is 47.5 Å². The van der Waals surface area contributed by atoms with Crippen LogP contribution in [-0.4, -0.2) is 17.9 Å². The largest absolute Gasteiger partial charge is 0.332 e. The Morgan fingerprint density at radius 1 is 1.09 bits per heavy atom. The van der Waals surface area contributed by atoms with Crippen LogP contribution in [0.5, 0.6) is 0 Å². The SMILES string of the molecule is O=C1C[C@H]([NH2+]Cc2ccc(Cl)cc2Cl)C(=O)N1c1ccccc1. The molecule has 0 unspecified atom stereocenters. The van der Waals surface area contributed by atoms with E-state index < -0.39 is 6.04 Å². The lowest BCUT2D eigenvalue weighted by Gasteiger charge is -2.14. The van der Waals surface area contributed by atoms with Gasteiger partial charge in [0.1, 0.15) is 6.54 Å². The fourth-order valence-corrected chi connectivity index (χ4v) is 3.13. The number of carbonyl (C=O) groups is 2. The molecule has 1 heterocycles. The topological polar surface area (TPSA) is 54.0 Å². The van der Waals surface area contributed by atoms with Gasteiger partial charge >= 0.3 is 0 Å². The van der Waals surface area contributed by atoms with Gasteiger partial charge in [0.25, 0.3) is 5.91 Å². The van der Waals surface area contributed by atoms with Gasteiger partial charge in [0.2, 0.25) is 5.91 Å². The number of nitrogens with two attached hydrogens (primary N) is 1. The van der Waals surface area contributed by atoms with Crippen molar-refractivity contribution in [3.05, 3.63) is 64.1 Å². The highest BCUT2D eigenvalue weighted by molar-refractivity contribution is 6.35. The van der Waals surface area contributed by atoms with Gasteiger partial charge in [-0.05, 0) is 24.3 Å². The minimum absolute atomic E-state index is 0.176. The molecule has 23 heavy (non-hydrogen) atoms. The van der Waals surface area contributed by atoms with Gasteiger partial charge < -0.3 is 5.32 Å². The van der Waals surface area contributed by atoms with Crippen LogP contribution in [0.2, 0.25) is 10.0 Å². The maximum atomic E-state index is 12.5. The zero-order valence-electron chi connectivity index (χ0n) is 12.2. The molecule has 1 aliphatic heterocycles. The number of carbonyl (C=O) groups excluding carboxylic acids is 2. The number of halogens is 2. The molecular formula is C17H15Cl2N2O2+. The second-order valence-corrected chi connectivity index (χ2v) is 6.23. The second kappa shape index (κ2) is 6.71.